The number of hydrogen-bond donors (Lipinski definition) is 0. The van der Waals surface area contributed by atoms with Crippen LogP contribution in [0.1, 0.15) is 98.8 Å². The molecule has 204 valence electrons. The number of carbonyl (C=O) groups excluding carboxylic acids is 1. The van der Waals surface area contributed by atoms with Gasteiger partial charge in [-0.05, 0) is 58.2 Å². The molecule has 1 heterocycles. The zero-order valence-electron chi connectivity index (χ0n) is 23.3. The smallest absolute Gasteiger partial charge is 0.383 e. The predicted molar refractivity (Wildman–Crippen MR) is 150 cm³/mol. The van der Waals surface area contributed by atoms with E-state index in [2.05, 4.69) is 33.8 Å². The zero-order chi connectivity index (χ0) is 27.0. The molecule has 6 nitrogen and oxygen atoms in total. The Balaban J connectivity index is 2.19. The molecule has 0 aliphatic heterocycles. The van der Waals surface area contributed by atoms with Crippen LogP contribution in [0.4, 0.5) is 0 Å². The number of unbranched alkanes of at least 4 members (excludes halogenated alkanes) is 7. The van der Waals surface area contributed by atoms with Crippen molar-refractivity contribution in [2.24, 2.45) is 0 Å². The highest BCUT2D eigenvalue weighted by Gasteiger charge is 2.21. The summed E-state index contributed by atoms with van der Waals surface area (Å²) in [6.07, 6.45) is 15.4. The van der Waals surface area contributed by atoms with Crippen LogP contribution in [0, 0.1) is 0 Å². The van der Waals surface area contributed by atoms with Gasteiger partial charge in [0, 0.05) is 6.92 Å². The van der Waals surface area contributed by atoms with Crippen LogP contribution in [-0.2, 0) is 4.79 Å². The lowest BCUT2D eigenvalue weighted by Crippen LogP contribution is -2.12. The third-order valence-electron chi connectivity index (χ3n) is 6.06. The van der Waals surface area contributed by atoms with E-state index in [1.54, 1.807) is 18.2 Å². The number of benzene rings is 1. The van der Waals surface area contributed by atoms with Gasteiger partial charge in [-0.15, -0.1) is 0 Å². The predicted octanol–water partition coefficient (Wildman–Crippen LogP) is 8.31. The maximum atomic E-state index is 12.9. The first kappa shape index (κ1) is 30.2. The van der Waals surface area contributed by atoms with Crippen LogP contribution in [0.5, 0.6) is 17.2 Å². The molecule has 0 unspecified atom stereocenters. The van der Waals surface area contributed by atoms with Gasteiger partial charge in [0.2, 0.25) is 5.75 Å². The number of hydrogen-bond acceptors (Lipinski definition) is 6. The molecule has 0 bridgehead atoms. The SMILES string of the molecule is CCCCCCCCCCOc1c(OC/C=C(\C)CCC=C(C)C)c2c(OC(C)=O)cccc2oc1=O. The third-order valence-corrected chi connectivity index (χ3v) is 6.06. The summed E-state index contributed by atoms with van der Waals surface area (Å²) in [5, 5.41) is 0.416. The van der Waals surface area contributed by atoms with Crippen LogP contribution in [0.2, 0.25) is 0 Å². The van der Waals surface area contributed by atoms with Crippen molar-refractivity contribution < 1.29 is 23.4 Å². The van der Waals surface area contributed by atoms with E-state index >= 15 is 0 Å². The molecule has 0 radical (unpaired) electrons. The van der Waals surface area contributed by atoms with E-state index in [4.69, 9.17) is 18.6 Å². The van der Waals surface area contributed by atoms with Crippen LogP contribution in [0.15, 0.2) is 50.7 Å². The second-order valence-corrected chi connectivity index (χ2v) is 9.78. The minimum atomic E-state index is -0.605. The summed E-state index contributed by atoms with van der Waals surface area (Å²) in [5.74, 6) is 0.0627. The fourth-order valence-corrected chi connectivity index (χ4v) is 4.04. The Morgan fingerprint density at radius 2 is 1.59 bits per heavy atom. The van der Waals surface area contributed by atoms with Gasteiger partial charge in [-0.2, -0.15) is 0 Å². The van der Waals surface area contributed by atoms with Gasteiger partial charge in [0.05, 0.1) is 6.61 Å². The van der Waals surface area contributed by atoms with Crippen molar-refractivity contribution in [1.29, 1.82) is 0 Å². The molecule has 0 fully saturated rings. The van der Waals surface area contributed by atoms with E-state index in [1.165, 1.54) is 50.2 Å². The highest BCUT2D eigenvalue weighted by atomic mass is 16.5. The van der Waals surface area contributed by atoms with Gasteiger partial charge >= 0.3 is 11.6 Å². The van der Waals surface area contributed by atoms with E-state index in [0.717, 1.165) is 32.1 Å². The normalized spacial score (nSPS) is 11.4. The van der Waals surface area contributed by atoms with Gasteiger partial charge < -0.3 is 18.6 Å². The molecule has 2 rings (SSSR count). The van der Waals surface area contributed by atoms with E-state index in [-0.39, 0.29) is 29.4 Å². The van der Waals surface area contributed by atoms with Gasteiger partial charge in [-0.3, -0.25) is 4.79 Å². The Bertz CT molecular complexity index is 1100. The highest BCUT2D eigenvalue weighted by molar-refractivity contribution is 5.93. The highest BCUT2D eigenvalue weighted by Crippen LogP contribution is 2.39. The summed E-state index contributed by atoms with van der Waals surface area (Å²) in [6.45, 7) is 10.4. The van der Waals surface area contributed by atoms with Crippen molar-refractivity contribution in [2.45, 2.75) is 98.8 Å². The van der Waals surface area contributed by atoms with Crippen LogP contribution in [0.3, 0.4) is 0 Å². The molecule has 0 N–H and O–H groups in total. The topological polar surface area (TPSA) is 75.0 Å². The van der Waals surface area contributed by atoms with Gasteiger partial charge in [-0.25, -0.2) is 4.79 Å². The summed E-state index contributed by atoms with van der Waals surface area (Å²) in [7, 11) is 0. The molecule has 6 heteroatoms. The number of fused-ring (bicyclic) bond motifs is 1. The van der Waals surface area contributed by atoms with Gasteiger partial charge in [0.15, 0.2) is 5.75 Å². The molecular weight excluding hydrogens is 468 g/mol. The van der Waals surface area contributed by atoms with Gasteiger partial charge in [0.1, 0.15) is 23.3 Å². The minimum absolute atomic E-state index is 0.0191. The number of rotatable bonds is 17. The molecule has 0 spiro atoms. The van der Waals surface area contributed by atoms with Gasteiger partial charge in [0.25, 0.3) is 0 Å². The lowest BCUT2D eigenvalue weighted by Gasteiger charge is -2.15. The van der Waals surface area contributed by atoms with E-state index in [9.17, 15) is 9.59 Å². The largest absolute Gasteiger partial charge is 0.484 e. The maximum absolute atomic E-state index is 12.9. The van der Waals surface area contributed by atoms with E-state index in [1.807, 2.05) is 6.08 Å². The van der Waals surface area contributed by atoms with E-state index in [0.29, 0.717) is 12.0 Å². The second kappa shape index (κ2) is 16.7. The molecular formula is C31H44O6. The molecule has 2 aromatic rings. The first-order chi connectivity index (χ1) is 17.8. The van der Waals surface area contributed by atoms with Crippen LogP contribution in [-0.4, -0.2) is 19.2 Å². The average Bonchev–Trinajstić information content (AvgIpc) is 2.83. The van der Waals surface area contributed by atoms with Crippen molar-refractivity contribution in [1.82, 2.24) is 0 Å². The summed E-state index contributed by atoms with van der Waals surface area (Å²) >= 11 is 0. The molecule has 0 atom stereocenters. The Morgan fingerprint density at radius 1 is 0.892 bits per heavy atom. The Kier molecular flexibility index (Phi) is 13.6. The van der Waals surface area contributed by atoms with E-state index < -0.39 is 11.6 Å². The molecule has 1 aromatic carbocycles. The fraction of sp³-hybridized carbons (Fsp3) is 0.548. The molecule has 0 saturated heterocycles. The van der Waals surface area contributed by atoms with Gasteiger partial charge in [-0.1, -0.05) is 75.2 Å². The summed E-state index contributed by atoms with van der Waals surface area (Å²) in [4.78, 5) is 24.6. The van der Waals surface area contributed by atoms with Crippen molar-refractivity contribution in [3.8, 4) is 17.2 Å². The molecule has 37 heavy (non-hydrogen) atoms. The number of ether oxygens (including phenoxy) is 3. The molecule has 1 aromatic heterocycles. The molecule has 0 aliphatic rings. The Labute approximate surface area is 221 Å². The van der Waals surface area contributed by atoms with Crippen molar-refractivity contribution in [3.63, 3.8) is 0 Å². The quantitative estimate of drug-likeness (QED) is 0.0697. The average molecular weight is 513 g/mol. The lowest BCUT2D eigenvalue weighted by atomic mass is 10.1. The monoisotopic (exact) mass is 512 g/mol. The number of carbonyl (C=O) groups is 1. The van der Waals surface area contributed by atoms with Crippen LogP contribution < -0.4 is 19.8 Å². The standard InChI is InChI=1S/C31H44O6/c1-6-7-8-9-10-11-12-13-21-34-30-29(35-22-20-24(4)17-14-16-23(2)3)28-26(36-25(5)32)18-15-19-27(28)37-31(30)33/h15-16,18-20H,6-14,17,21-22H2,1-5H3/b24-20+. The van der Waals surface area contributed by atoms with Crippen molar-refractivity contribution in [3.05, 3.63) is 51.9 Å². The maximum Gasteiger partial charge on any atom is 0.383 e. The first-order valence-electron chi connectivity index (χ1n) is 13.7. The van der Waals surface area contributed by atoms with Crippen LogP contribution >= 0.6 is 0 Å². The second-order valence-electron chi connectivity index (χ2n) is 9.78. The summed E-state index contributed by atoms with van der Waals surface area (Å²) in [5.41, 5.74) is 2.16. The summed E-state index contributed by atoms with van der Waals surface area (Å²) < 4.78 is 23.0. The summed E-state index contributed by atoms with van der Waals surface area (Å²) in [6, 6.07) is 4.97. The Morgan fingerprint density at radius 3 is 2.27 bits per heavy atom. The number of esters is 1. The molecule has 0 aliphatic carbocycles. The first-order valence-corrected chi connectivity index (χ1v) is 13.7. The van der Waals surface area contributed by atoms with Crippen LogP contribution in [0.25, 0.3) is 11.0 Å². The molecule has 0 amide bonds. The number of allylic oxidation sites excluding steroid dienone is 3. The lowest BCUT2D eigenvalue weighted by molar-refractivity contribution is -0.131. The van der Waals surface area contributed by atoms with Crippen molar-refractivity contribution >= 4 is 16.9 Å². The Hall–Kier alpha value is -3.02. The third kappa shape index (κ3) is 10.9. The minimum Gasteiger partial charge on any atom is -0.484 e. The molecule has 0 saturated carbocycles. The zero-order valence-corrected chi connectivity index (χ0v) is 23.3. The van der Waals surface area contributed by atoms with Crippen molar-refractivity contribution in [2.75, 3.05) is 13.2 Å². The fourth-order valence-electron chi connectivity index (χ4n) is 4.04.